The van der Waals surface area contributed by atoms with Crippen LogP contribution >= 0.6 is 11.3 Å². The molecule has 0 aliphatic carbocycles. The molecule has 0 radical (unpaired) electrons. The van der Waals surface area contributed by atoms with E-state index >= 15 is 0 Å². The van der Waals surface area contributed by atoms with Crippen LogP contribution in [0.3, 0.4) is 0 Å². The average Bonchev–Trinajstić information content (AvgIpc) is 2.73. The Morgan fingerprint density at radius 3 is 3.06 bits per heavy atom. The van der Waals surface area contributed by atoms with Crippen molar-refractivity contribution < 1.29 is 4.79 Å². The van der Waals surface area contributed by atoms with E-state index in [9.17, 15) is 4.79 Å². The number of hydrogen-bond acceptors (Lipinski definition) is 3. The maximum absolute atomic E-state index is 11.5. The number of urea groups is 1. The predicted octanol–water partition coefficient (Wildman–Crippen LogP) is 2.03. The number of thiazole rings is 1. The van der Waals surface area contributed by atoms with Crippen molar-refractivity contribution in [1.29, 1.82) is 0 Å². The molecular formula is C11H17N3OS. The molecule has 0 atom stereocenters. The third-order valence-corrected chi connectivity index (χ3v) is 3.17. The van der Waals surface area contributed by atoms with Gasteiger partial charge in [-0.1, -0.05) is 13.0 Å². The first-order chi connectivity index (χ1) is 7.67. The minimum absolute atomic E-state index is 0.0913. The largest absolute Gasteiger partial charge is 0.335 e. The number of hydrogen-bond donors (Lipinski definition) is 1. The van der Waals surface area contributed by atoms with Gasteiger partial charge < -0.3 is 10.2 Å². The Labute approximate surface area is 100.0 Å². The van der Waals surface area contributed by atoms with Crippen molar-refractivity contribution in [3.05, 3.63) is 28.7 Å². The highest BCUT2D eigenvalue weighted by molar-refractivity contribution is 7.11. The van der Waals surface area contributed by atoms with Gasteiger partial charge in [0.05, 0.1) is 11.6 Å². The Hall–Kier alpha value is -1.36. The molecule has 16 heavy (non-hydrogen) atoms. The molecule has 0 aromatic carbocycles. The quantitative estimate of drug-likeness (QED) is 0.799. The van der Waals surface area contributed by atoms with Crippen LogP contribution in [-0.4, -0.2) is 29.5 Å². The van der Waals surface area contributed by atoms with Gasteiger partial charge in [-0.25, -0.2) is 9.78 Å². The summed E-state index contributed by atoms with van der Waals surface area (Å²) in [6.45, 7) is 6.71. The zero-order valence-corrected chi connectivity index (χ0v) is 10.5. The Morgan fingerprint density at radius 1 is 1.75 bits per heavy atom. The molecule has 4 nitrogen and oxygen atoms in total. The summed E-state index contributed by atoms with van der Waals surface area (Å²) < 4.78 is 0. The lowest BCUT2D eigenvalue weighted by molar-refractivity contribution is 0.208. The fourth-order valence-corrected chi connectivity index (χ4v) is 2.10. The van der Waals surface area contributed by atoms with Crippen LogP contribution in [0.4, 0.5) is 4.79 Å². The fraction of sp³-hybridized carbons (Fsp3) is 0.455. The number of carbonyl (C=O) groups excluding carboxylic acids is 1. The van der Waals surface area contributed by atoms with E-state index in [-0.39, 0.29) is 6.03 Å². The molecule has 1 aromatic rings. The van der Waals surface area contributed by atoms with E-state index in [4.69, 9.17) is 0 Å². The Kier molecular flexibility index (Phi) is 4.98. The average molecular weight is 239 g/mol. The third kappa shape index (κ3) is 3.66. The van der Waals surface area contributed by atoms with E-state index < -0.39 is 0 Å². The van der Waals surface area contributed by atoms with Gasteiger partial charge in [-0.15, -0.1) is 17.9 Å². The maximum atomic E-state index is 11.5. The van der Waals surface area contributed by atoms with E-state index in [0.717, 1.165) is 16.3 Å². The number of nitrogens with one attached hydrogen (secondary N) is 1. The molecule has 0 saturated carbocycles. The second kappa shape index (κ2) is 6.27. The Balaban J connectivity index is 2.46. The number of amides is 2. The van der Waals surface area contributed by atoms with Crippen molar-refractivity contribution in [2.24, 2.45) is 0 Å². The molecular weight excluding hydrogens is 222 g/mol. The van der Waals surface area contributed by atoms with Gasteiger partial charge in [0.1, 0.15) is 0 Å². The van der Waals surface area contributed by atoms with Crippen LogP contribution < -0.4 is 5.32 Å². The number of aryl methyl sites for hydroxylation is 1. The standard InChI is InChI=1S/C11H17N3OS/c1-4-6-12-11(15)14(3)8-9-7-13-10(5-2)16-9/h4,7H,1,5-6,8H2,2-3H3,(H,12,15). The van der Waals surface area contributed by atoms with Crippen molar-refractivity contribution in [2.75, 3.05) is 13.6 Å². The van der Waals surface area contributed by atoms with Crippen LogP contribution in [0.15, 0.2) is 18.9 Å². The second-order valence-electron chi connectivity index (χ2n) is 3.40. The van der Waals surface area contributed by atoms with Crippen LogP contribution in [0.5, 0.6) is 0 Å². The molecule has 0 aliphatic heterocycles. The molecule has 1 N–H and O–H groups in total. The topological polar surface area (TPSA) is 45.2 Å². The third-order valence-electron chi connectivity index (χ3n) is 2.04. The summed E-state index contributed by atoms with van der Waals surface area (Å²) in [7, 11) is 1.77. The molecule has 0 bridgehead atoms. The Morgan fingerprint density at radius 2 is 2.50 bits per heavy atom. The molecule has 2 amide bonds. The summed E-state index contributed by atoms with van der Waals surface area (Å²) in [4.78, 5) is 18.5. The predicted molar refractivity (Wildman–Crippen MR) is 66.6 cm³/mol. The van der Waals surface area contributed by atoms with Crippen molar-refractivity contribution in [1.82, 2.24) is 15.2 Å². The maximum Gasteiger partial charge on any atom is 0.317 e. The van der Waals surface area contributed by atoms with E-state index in [1.807, 2.05) is 6.20 Å². The van der Waals surface area contributed by atoms with Crippen LogP contribution in [0.2, 0.25) is 0 Å². The minimum atomic E-state index is -0.0913. The van der Waals surface area contributed by atoms with Gasteiger partial charge >= 0.3 is 6.03 Å². The molecule has 88 valence electrons. The fourth-order valence-electron chi connectivity index (χ4n) is 1.18. The van der Waals surface area contributed by atoms with Gasteiger partial charge in [-0.2, -0.15) is 0 Å². The zero-order valence-electron chi connectivity index (χ0n) is 9.69. The molecule has 0 fully saturated rings. The van der Waals surface area contributed by atoms with Crippen LogP contribution in [0.25, 0.3) is 0 Å². The van der Waals surface area contributed by atoms with Crippen molar-refractivity contribution >= 4 is 17.4 Å². The second-order valence-corrected chi connectivity index (χ2v) is 4.60. The number of rotatable bonds is 5. The van der Waals surface area contributed by atoms with Crippen molar-refractivity contribution in [3.8, 4) is 0 Å². The van der Waals surface area contributed by atoms with Gasteiger partial charge in [0.25, 0.3) is 0 Å². The SMILES string of the molecule is C=CCNC(=O)N(C)Cc1cnc(CC)s1. The summed E-state index contributed by atoms with van der Waals surface area (Å²) in [5, 5.41) is 3.83. The van der Waals surface area contributed by atoms with E-state index in [0.29, 0.717) is 13.1 Å². The molecule has 0 saturated heterocycles. The highest BCUT2D eigenvalue weighted by atomic mass is 32.1. The summed E-state index contributed by atoms with van der Waals surface area (Å²) in [6.07, 6.45) is 4.44. The van der Waals surface area contributed by atoms with Gasteiger partial charge in [-0.3, -0.25) is 0 Å². The molecule has 0 aliphatic rings. The Bertz CT molecular complexity index is 362. The lowest BCUT2D eigenvalue weighted by Gasteiger charge is -2.15. The minimum Gasteiger partial charge on any atom is -0.335 e. The lowest BCUT2D eigenvalue weighted by Crippen LogP contribution is -2.36. The van der Waals surface area contributed by atoms with Crippen LogP contribution in [-0.2, 0) is 13.0 Å². The summed E-state index contributed by atoms with van der Waals surface area (Å²) in [5.74, 6) is 0. The van der Waals surface area contributed by atoms with Crippen molar-refractivity contribution in [2.45, 2.75) is 19.9 Å². The van der Waals surface area contributed by atoms with Crippen LogP contribution in [0, 0.1) is 0 Å². The number of nitrogens with zero attached hydrogens (tertiary/aromatic N) is 2. The molecule has 1 aromatic heterocycles. The summed E-state index contributed by atoms with van der Waals surface area (Å²) in [6, 6.07) is -0.0913. The molecule has 0 spiro atoms. The molecule has 0 unspecified atom stereocenters. The molecule has 5 heteroatoms. The van der Waals surface area contributed by atoms with Gasteiger partial charge in [-0.05, 0) is 6.42 Å². The van der Waals surface area contributed by atoms with Gasteiger partial charge in [0.2, 0.25) is 0 Å². The highest BCUT2D eigenvalue weighted by Crippen LogP contribution is 2.14. The summed E-state index contributed by atoms with van der Waals surface area (Å²) >= 11 is 1.65. The summed E-state index contributed by atoms with van der Waals surface area (Å²) in [5.41, 5.74) is 0. The molecule has 1 rings (SSSR count). The number of aromatic nitrogens is 1. The van der Waals surface area contributed by atoms with Gasteiger partial charge in [0.15, 0.2) is 0 Å². The first-order valence-electron chi connectivity index (χ1n) is 5.20. The van der Waals surface area contributed by atoms with E-state index in [2.05, 4.69) is 23.8 Å². The first kappa shape index (κ1) is 12.7. The van der Waals surface area contributed by atoms with Crippen molar-refractivity contribution in [3.63, 3.8) is 0 Å². The lowest BCUT2D eigenvalue weighted by atomic mass is 10.5. The smallest absolute Gasteiger partial charge is 0.317 e. The highest BCUT2D eigenvalue weighted by Gasteiger charge is 2.09. The monoisotopic (exact) mass is 239 g/mol. The van der Waals surface area contributed by atoms with E-state index in [1.54, 1.807) is 29.4 Å². The zero-order chi connectivity index (χ0) is 12.0. The van der Waals surface area contributed by atoms with Crippen LogP contribution in [0.1, 0.15) is 16.8 Å². The van der Waals surface area contributed by atoms with Gasteiger partial charge in [0, 0.05) is 24.7 Å². The first-order valence-corrected chi connectivity index (χ1v) is 6.02. The number of carbonyl (C=O) groups is 1. The normalized spacial score (nSPS) is 9.88. The molecule has 1 heterocycles. The van der Waals surface area contributed by atoms with E-state index in [1.165, 1.54) is 0 Å².